The molecule has 3 heterocycles. The van der Waals surface area contributed by atoms with Crippen LogP contribution in [-0.4, -0.2) is 77.5 Å². The maximum absolute atomic E-state index is 12.1. The predicted molar refractivity (Wildman–Crippen MR) is 125 cm³/mol. The second-order valence-corrected chi connectivity index (χ2v) is 12.7. The van der Waals surface area contributed by atoms with Gasteiger partial charge in [0, 0.05) is 0 Å². The number of halogens is 1. The van der Waals surface area contributed by atoms with E-state index in [2.05, 4.69) is 20.3 Å². The Bertz CT molecular complexity index is 1370. The molecule has 0 unspecified atom stereocenters. The molecule has 5 N–H and O–H groups in total. The van der Waals surface area contributed by atoms with Crippen LogP contribution in [0.25, 0.3) is 11.2 Å². The van der Waals surface area contributed by atoms with Crippen LogP contribution in [0.2, 0.25) is 5.28 Å². The Labute approximate surface area is 204 Å². The van der Waals surface area contributed by atoms with Crippen LogP contribution in [0.15, 0.2) is 36.7 Å². The van der Waals surface area contributed by atoms with Crippen molar-refractivity contribution in [3.8, 4) is 0 Å². The van der Waals surface area contributed by atoms with E-state index < -0.39 is 53.2 Å². The normalized spacial score (nSPS) is 24.1. The third-order valence-corrected chi connectivity index (χ3v) is 9.37. The molecule has 5 atom stereocenters. The molecule has 2 aromatic heterocycles. The van der Waals surface area contributed by atoms with Gasteiger partial charge < -0.3 is 30.1 Å². The number of aliphatic hydroxyl groups excluding tert-OH is 2. The lowest BCUT2D eigenvalue weighted by Crippen LogP contribution is -2.35. The summed E-state index contributed by atoms with van der Waals surface area (Å²) in [5.41, 5.74) is 0.0216. The molecule has 16 heteroatoms. The molecule has 0 saturated carbocycles. The fraction of sp³-hybridized carbons (Fsp3) is 0.421. The van der Waals surface area contributed by atoms with Gasteiger partial charge in [-0.15, -0.1) is 0 Å². The third kappa shape index (κ3) is 5.81. The molecule has 0 aliphatic carbocycles. The first kappa shape index (κ1) is 25.9. The molecule has 0 spiro atoms. The lowest BCUT2D eigenvalue weighted by molar-refractivity contribution is -0.0292. The van der Waals surface area contributed by atoms with Gasteiger partial charge >= 0.3 is 7.60 Å². The zero-order chi connectivity index (χ0) is 25.5. The van der Waals surface area contributed by atoms with Gasteiger partial charge in [0.05, 0.1) is 18.1 Å². The Morgan fingerprint density at radius 1 is 1.20 bits per heavy atom. The quantitative estimate of drug-likeness (QED) is 0.197. The molecule has 0 amide bonds. The summed E-state index contributed by atoms with van der Waals surface area (Å²) in [4.78, 5) is 30.6. The number of imidazole rings is 1. The highest BCUT2D eigenvalue weighted by Crippen LogP contribution is 2.38. The maximum Gasteiger partial charge on any atom is 0.340 e. The molecule has 35 heavy (non-hydrogen) atoms. The molecule has 3 aromatic rings. The molecular weight excluding hydrogens is 525 g/mol. The highest BCUT2D eigenvalue weighted by molar-refractivity contribution is 7.97. The molecule has 4 rings (SSSR count). The Kier molecular flexibility index (Phi) is 7.19. The fourth-order valence-corrected chi connectivity index (χ4v) is 7.28. The van der Waals surface area contributed by atoms with Crippen LogP contribution in [0.4, 0.5) is 5.82 Å². The lowest BCUT2D eigenvalue weighted by atomic mass is 10.1. The number of nitrogens with one attached hydrogen (secondary N) is 1. The summed E-state index contributed by atoms with van der Waals surface area (Å²) in [6.45, 7) is 1.91. The van der Waals surface area contributed by atoms with Gasteiger partial charge in [-0.3, -0.25) is 9.13 Å². The van der Waals surface area contributed by atoms with Crippen LogP contribution in [-0.2, 0) is 19.1 Å². The SMILES string of the molecule is C[C@@H](Nc1nc(Cl)nc2c1ncn2[C@@H]1O[C@H](CS(=O)(=O)CP(=O)(O)O)[C@@H](O)[C@H]1O)c1ccccc1. The zero-order valence-electron chi connectivity index (χ0n) is 18.2. The summed E-state index contributed by atoms with van der Waals surface area (Å²) in [7, 11) is -9.17. The monoisotopic (exact) mass is 547 g/mol. The third-order valence-electron chi connectivity index (χ3n) is 5.44. The number of ether oxygens (including phenoxy) is 1. The highest BCUT2D eigenvalue weighted by atomic mass is 35.5. The molecular formula is C19H23ClN5O8PS. The van der Waals surface area contributed by atoms with Crippen molar-refractivity contribution in [2.75, 3.05) is 16.6 Å². The first-order chi connectivity index (χ1) is 16.3. The molecule has 190 valence electrons. The largest absolute Gasteiger partial charge is 0.387 e. The van der Waals surface area contributed by atoms with E-state index in [0.717, 1.165) is 5.56 Å². The Morgan fingerprint density at radius 2 is 1.89 bits per heavy atom. The maximum atomic E-state index is 12.1. The summed E-state index contributed by atoms with van der Waals surface area (Å²) < 4.78 is 42.3. The number of aromatic nitrogens is 4. The number of hydrogen-bond acceptors (Lipinski definition) is 10. The van der Waals surface area contributed by atoms with E-state index in [1.807, 2.05) is 37.3 Å². The average molecular weight is 548 g/mol. The number of fused-ring (bicyclic) bond motifs is 1. The topological polar surface area (TPSA) is 197 Å². The van der Waals surface area contributed by atoms with Crippen LogP contribution < -0.4 is 5.32 Å². The standard InChI is InChI=1S/C19H23ClN5O8PS/c1-10(11-5-3-2-4-6-11)22-16-13-17(24-19(20)23-16)25(8-21-13)18-15(27)14(26)12(33-18)7-35(31,32)9-34(28,29)30/h2-6,8,10,12,14-15,18,26-27H,7,9H2,1H3,(H,22,23,24)(H2,28,29,30)/t10-,12-,14-,15-,18-/m1/s1. The number of nitrogens with zero attached hydrogens (tertiary/aromatic N) is 4. The minimum atomic E-state index is -4.86. The van der Waals surface area contributed by atoms with Gasteiger partial charge in [-0.25, -0.2) is 13.4 Å². The predicted octanol–water partition coefficient (Wildman–Crippen LogP) is 0.822. The molecule has 1 saturated heterocycles. The van der Waals surface area contributed by atoms with Gasteiger partial charge in [-0.1, -0.05) is 30.3 Å². The summed E-state index contributed by atoms with van der Waals surface area (Å²) in [6.07, 6.45) is -4.71. The number of hydrogen-bond donors (Lipinski definition) is 5. The highest BCUT2D eigenvalue weighted by Gasteiger charge is 2.46. The van der Waals surface area contributed by atoms with E-state index >= 15 is 0 Å². The number of rotatable bonds is 8. The lowest BCUT2D eigenvalue weighted by Gasteiger charge is -2.18. The molecule has 1 fully saturated rings. The minimum absolute atomic E-state index is 0.129. The Balaban J connectivity index is 1.61. The van der Waals surface area contributed by atoms with Crippen LogP contribution >= 0.6 is 19.2 Å². The van der Waals surface area contributed by atoms with Gasteiger partial charge in [0.1, 0.15) is 18.3 Å². The summed E-state index contributed by atoms with van der Waals surface area (Å²) in [6, 6.07) is 9.37. The van der Waals surface area contributed by atoms with E-state index in [9.17, 15) is 23.2 Å². The summed E-state index contributed by atoms with van der Waals surface area (Å²) in [5, 5.41) is 24.0. The van der Waals surface area contributed by atoms with E-state index in [0.29, 0.717) is 11.3 Å². The number of aliphatic hydroxyl groups is 2. The van der Waals surface area contributed by atoms with Crippen molar-refractivity contribution in [3.05, 3.63) is 47.5 Å². The first-order valence-electron chi connectivity index (χ1n) is 10.3. The van der Waals surface area contributed by atoms with Crippen LogP contribution in [0.1, 0.15) is 24.8 Å². The minimum Gasteiger partial charge on any atom is -0.387 e. The van der Waals surface area contributed by atoms with Gasteiger partial charge in [0.2, 0.25) is 5.28 Å². The zero-order valence-corrected chi connectivity index (χ0v) is 20.7. The van der Waals surface area contributed by atoms with Crippen molar-refractivity contribution in [1.29, 1.82) is 0 Å². The molecule has 1 aliphatic heterocycles. The molecule has 1 aromatic carbocycles. The van der Waals surface area contributed by atoms with E-state index in [4.69, 9.17) is 26.1 Å². The number of benzene rings is 1. The second kappa shape index (κ2) is 9.71. The van der Waals surface area contributed by atoms with E-state index in [1.54, 1.807) is 0 Å². The summed E-state index contributed by atoms with van der Waals surface area (Å²) in [5.74, 6) is -0.597. The molecule has 0 bridgehead atoms. The van der Waals surface area contributed by atoms with Crippen LogP contribution in [0.5, 0.6) is 0 Å². The fourth-order valence-electron chi connectivity index (χ4n) is 3.86. The van der Waals surface area contributed by atoms with Gasteiger partial charge in [-0.2, -0.15) is 9.97 Å². The van der Waals surface area contributed by atoms with Crippen molar-refractivity contribution in [3.63, 3.8) is 0 Å². The van der Waals surface area contributed by atoms with Crippen molar-refractivity contribution in [2.24, 2.45) is 0 Å². The van der Waals surface area contributed by atoms with Gasteiger partial charge in [-0.05, 0) is 24.1 Å². The van der Waals surface area contributed by atoms with Crippen molar-refractivity contribution in [2.45, 2.75) is 37.5 Å². The number of sulfone groups is 1. The number of anilines is 1. The van der Waals surface area contributed by atoms with Crippen LogP contribution in [0, 0.1) is 0 Å². The van der Waals surface area contributed by atoms with Crippen LogP contribution in [0.3, 0.4) is 0 Å². The molecule has 1 aliphatic rings. The second-order valence-electron chi connectivity index (χ2n) is 8.19. The molecule has 13 nitrogen and oxygen atoms in total. The Morgan fingerprint density at radius 3 is 2.54 bits per heavy atom. The van der Waals surface area contributed by atoms with Crippen molar-refractivity contribution >= 4 is 46.0 Å². The van der Waals surface area contributed by atoms with Gasteiger partial charge in [0.25, 0.3) is 0 Å². The van der Waals surface area contributed by atoms with Gasteiger partial charge in [0.15, 0.2) is 38.5 Å². The van der Waals surface area contributed by atoms with Crippen molar-refractivity contribution in [1.82, 2.24) is 19.5 Å². The first-order valence-corrected chi connectivity index (χ1v) is 14.3. The van der Waals surface area contributed by atoms with E-state index in [-0.39, 0.29) is 17.0 Å². The Hall–Kier alpha value is -2.16. The van der Waals surface area contributed by atoms with E-state index in [1.165, 1.54) is 10.9 Å². The molecule has 0 radical (unpaired) electrons. The van der Waals surface area contributed by atoms with Crippen molar-refractivity contribution < 1.29 is 37.7 Å². The smallest absolute Gasteiger partial charge is 0.340 e. The average Bonchev–Trinajstić information content (AvgIpc) is 3.28. The summed E-state index contributed by atoms with van der Waals surface area (Å²) >= 11 is 6.12.